The van der Waals surface area contributed by atoms with Gasteiger partial charge in [-0.3, -0.25) is 0 Å². The van der Waals surface area contributed by atoms with E-state index in [0.29, 0.717) is 0 Å². The van der Waals surface area contributed by atoms with E-state index in [1.165, 1.54) is 55.6 Å². The van der Waals surface area contributed by atoms with Crippen LogP contribution >= 0.6 is 0 Å². The SMILES string of the molecule is C[c-]1[c-](C)[c-](C)[c-](C)[c-]1C.Cc1c(C)c(C)[c-](C)c1C.[S-][S-].[V]. The topological polar surface area (TPSA) is 0 Å². The Morgan fingerprint density at radius 1 is 0.522 bits per heavy atom. The summed E-state index contributed by atoms with van der Waals surface area (Å²) in [6.07, 6.45) is 0. The zero-order chi connectivity index (χ0) is 17.8. The van der Waals surface area contributed by atoms with Crippen LogP contribution in [0.2, 0.25) is 0 Å². The molecule has 135 valence electrons. The van der Waals surface area contributed by atoms with Gasteiger partial charge in [0.15, 0.2) is 0 Å². The van der Waals surface area contributed by atoms with Crippen molar-refractivity contribution in [2.24, 2.45) is 0 Å². The summed E-state index contributed by atoms with van der Waals surface area (Å²) in [5, 5.41) is 0. The van der Waals surface area contributed by atoms with Gasteiger partial charge in [-0.2, -0.15) is 27.8 Å². The number of hydrogen-bond donors (Lipinski definition) is 0. The molecular formula is C20H30S2V-8. The molecule has 2 aromatic rings. The Hall–Kier alpha value is -0.0156. The maximum Gasteiger partial charge on any atom is 0 e. The van der Waals surface area contributed by atoms with Gasteiger partial charge in [-0.15, -0.1) is 0 Å². The fourth-order valence-corrected chi connectivity index (χ4v) is 2.81. The summed E-state index contributed by atoms with van der Waals surface area (Å²) in [5.41, 5.74) is 14.7. The van der Waals surface area contributed by atoms with Gasteiger partial charge >= 0.3 is 0 Å². The van der Waals surface area contributed by atoms with Crippen molar-refractivity contribution in [2.45, 2.75) is 69.2 Å². The molecule has 2 aromatic carbocycles. The zero-order valence-corrected chi connectivity index (χ0v) is 19.3. The molecule has 0 unspecified atom stereocenters. The predicted octanol–water partition coefficient (Wildman–Crippen LogP) is 5.89. The van der Waals surface area contributed by atoms with Crippen molar-refractivity contribution < 1.29 is 18.6 Å². The van der Waals surface area contributed by atoms with Crippen molar-refractivity contribution in [2.75, 3.05) is 0 Å². The smallest absolute Gasteiger partial charge is 0 e. The van der Waals surface area contributed by atoms with Gasteiger partial charge in [0.05, 0.1) is 0 Å². The summed E-state index contributed by atoms with van der Waals surface area (Å²) in [4.78, 5) is 0. The van der Waals surface area contributed by atoms with Gasteiger partial charge in [-0.25, -0.2) is 34.6 Å². The van der Waals surface area contributed by atoms with Crippen LogP contribution in [0, 0.1) is 69.2 Å². The zero-order valence-electron chi connectivity index (χ0n) is 16.3. The summed E-state index contributed by atoms with van der Waals surface area (Å²) >= 11 is 7.33. The van der Waals surface area contributed by atoms with Crippen molar-refractivity contribution in [3.05, 3.63) is 55.6 Å². The maximum atomic E-state index is 3.67. The van der Waals surface area contributed by atoms with Crippen LogP contribution < -0.4 is 0 Å². The van der Waals surface area contributed by atoms with Crippen LogP contribution in [0.25, 0.3) is 0 Å². The first-order valence-corrected chi connectivity index (χ1v) is 9.00. The Balaban J connectivity index is 0. The van der Waals surface area contributed by atoms with Gasteiger partial charge in [0, 0.05) is 18.6 Å². The van der Waals surface area contributed by atoms with E-state index in [9.17, 15) is 0 Å². The molecule has 0 aromatic heterocycles. The van der Waals surface area contributed by atoms with Crippen LogP contribution in [-0.4, -0.2) is 0 Å². The first kappa shape index (κ1) is 25.2. The van der Waals surface area contributed by atoms with E-state index in [-0.39, 0.29) is 18.6 Å². The minimum Gasteiger partial charge on any atom is -1.00 e. The summed E-state index contributed by atoms with van der Waals surface area (Å²) in [6.45, 7) is 22.0. The van der Waals surface area contributed by atoms with Crippen molar-refractivity contribution in [1.82, 2.24) is 0 Å². The molecule has 0 saturated carbocycles. The molecule has 0 amide bonds. The minimum absolute atomic E-state index is 0. The van der Waals surface area contributed by atoms with Crippen LogP contribution in [0.15, 0.2) is 0 Å². The first-order valence-electron chi connectivity index (χ1n) is 7.67. The molecule has 0 bridgehead atoms. The van der Waals surface area contributed by atoms with Crippen LogP contribution in [0.5, 0.6) is 0 Å². The largest absolute Gasteiger partial charge is 1.00 e. The summed E-state index contributed by atoms with van der Waals surface area (Å²) in [7, 11) is 0. The summed E-state index contributed by atoms with van der Waals surface area (Å²) in [6, 6.07) is 0. The predicted molar refractivity (Wildman–Crippen MR) is 106 cm³/mol. The van der Waals surface area contributed by atoms with E-state index in [0.717, 1.165) is 0 Å². The van der Waals surface area contributed by atoms with Crippen molar-refractivity contribution in [1.29, 1.82) is 0 Å². The molecule has 0 aliphatic heterocycles. The second-order valence-corrected chi connectivity index (χ2v) is 6.25. The van der Waals surface area contributed by atoms with E-state index in [2.05, 4.69) is 92.6 Å². The van der Waals surface area contributed by atoms with E-state index in [4.69, 9.17) is 0 Å². The molecule has 0 aliphatic rings. The second kappa shape index (κ2) is 10.8. The van der Waals surface area contributed by atoms with Gasteiger partial charge in [0.1, 0.15) is 0 Å². The Kier molecular flexibility index (Phi) is 11.8. The average Bonchev–Trinajstić information content (AvgIpc) is 2.81. The molecule has 2 rings (SSSR count). The molecular weight excluding hydrogens is 355 g/mol. The van der Waals surface area contributed by atoms with Crippen molar-refractivity contribution >= 4 is 23.3 Å². The van der Waals surface area contributed by atoms with Crippen LogP contribution in [0.3, 0.4) is 0 Å². The third kappa shape index (κ3) is 5.49. The Morgan fingerprint density at radius 3 is 0.783 bits per heavy atom. The van der Waals surface area contributed by atoms with Crippen LogP contribution in [-0.2, 0) is 41.9 Å². The fourth-order valence-electron chi connectivity index (χ4n) is 2.81. The Labute approximate surface area is 166 Å². The Morgan fingerprint density at radius 2 is 0.696 bits per heavy atom. The molecule has 0 N–H and O–H groups in total. The first-order chi connectivity index (χ1) is 10.1. The Bertz CT molecular complexity index is 414. The summed E-state index contributed by atoms with van der Waals surface area (Å²) < 4.78 is 0. The van der Waals surface area contributed by atoms with Gasteiger partial charge in [-0.1, -0.05) is 34.6 Å². The fraction of sp³-hybridized carbons (Fsp3) is 0.500. The van der Waals surface area contributed by atoms with Gasteiger partial charge in [0.25, 0.3) is 0 Å². The van der Waals surface area contributed by atoms with Crippen molar-refractivity contribution in [3.8, 4) is 0 Å². The van der Waals surface area contributed by atoms with E-state index in [1.54, 1.807) is 0 Å². The normalized spacial score (nSPS) is 9.39. The molecule has 0 spiro atoms. The molecule has 23 heavy (non-hydrogen) atoms. The molecule has 0 fully saturated rings. The third-order valence-electron chi connectivity index (χ3n) is 5.62. The molecule has 0 saturated heterocycles. The van der Waals surface area contributed by atoms with Gasteiger partial charge < -0.3 is 51.1 Å². The van der Waals surface area contributed by atoms with Crippen LogP contribution in [0.1, 0.15) is 55.6 Å². The molecule has 3 heteroatoms. The average molecular weight is 386 g/mol. The van der Waals surface area contributed by atoms with Gasteiger partial charge in [-0.05, 0) is 0 Å². The van der Waals surface area contributed by atoms with E-state index < -0.39 is 0 Å². The molecule has 0 atom stereocenters. The third-order valence-corrected chi connectivity index (χ3v) is 5.62. The van der Waals surface area contributed by atoms with E-state index >= 15 is 0 Å². The van der Waals surface area contributed by atoms with E-state index in [1.807, 2.05) is 0 Å². The minimum atomic E-state index is 0. The summed E-state index contributed by atoms with van der Waals surface area (Å²) in [5.74, 6) is 0. The maximum absolute atomic E-state index is 3.67. The van der Waals surface area contributed by atoms with Crippen molar-refractivity contribution in [3.63, 3.8) is 0 Å². The van der Waals surface area contributed by atoms with Crippen LogP contribution in [0.4, 0.5) is 0 Å². The monoisotopic (exact) mass is 385 g/mol. The second-order valence-electron chi connectivity index (χ2n) is 6.25. The molecule has 0 nitrogen and oxygen atoms in total. The number of rotatable bonds is 0. The standard InChI is InChI=1S/2C10H15.S2.V/c2*1-6-7(2)9(4)10(5)8(6)3;1-2;/h2*1-5H3;;/q-5;-1;-2;. The number of hydrogen-bond acceptors (Lipinski definition) is 2. The quantitative estimate of drug-likeness (QED) is 0.315. The molecule has 0 aliphatic carbocycles. The molecule has 0 heterocycles. The van der Waals surface area contributed by atoms with Gasteiger partial charge in [0.2, 0.25) is 0 Å². The molecule has 1 radical (unpaired) electrons.